The van der Waals surface area contributed by atoms with E-state index in [0.717, 1.165) is 18.9 Å². The van der Waals surface area contributed by atoms with Gasteiger partial charge in [0.15, 0.2) is 4.77 Å². The summed E-state index contributed by atoms with van der Waals surface area (Å²) in [5.41, 5.74) is -1.62. The van der Waals surface area contributed by atoms with Gasteiger partial charge in [-0.2, -0.15) is 18.3 Å². The first-order valence-corrected chi connectivity index (χ1v) is 9.00. The van der Waals surface area contributed by atoms with E-state index in [0.29, 0.717) is 12.2 Å². The lowest BCUT2D eigenvalue weighted by atomic mass is 10.1. The smallest absolute Gasteiger partial charge is 0.376 e. The molecule has 1 fully saturated rings. The van der Waals surface area contributed by atoms with Crippen molar-refractivity contribution in [3.8, 4) is 11.3 Å². The van der Waals surface area contributed by atoms with Crippen molar-refractivity contribution >= 4 is 23.3 Å². The fraction of sp³-hybridized carbons (Fsp3) is 0.412. The molecule has 7 nitrogen and oxygen atoms in total. The molecule has 0 saturated carbocycles. The summed E-state index contributed by atoms with van der Waals surface area (Å²) in [7, 11) is 1.65. The molecule has 4 rings (SSSR count). The van der Waals surface area contributed by atoms with Gasteiger partial charge in [0.05, 0.1) is 35.5 Å². The first kappa shape index (κ1) is 18.8. The first-order valence-electron chi connectivity index (χ1n) is 8.60. The summed E-state index contributed by atoms with van der Waals surface area (Å²) in [6.45, 7) is 0.800. The van der Waals surface area contributed by atoms with Crippen LogP contribution >= 0.6 is 12.2 Å². The van der Waals surface area contributed by atoms with Crippen molar-refractivity contribution < 1.29 is 17.9 Å². The average Bonchev–Trinajstić information content (AvgIpc) is 3.28. The predicted molar refractivity (Wildman–Crippen MR) is 97.4 cm³/mol. The van der Waals surface area contributed by atoms with Crippen LogP contribution in [0.1, 0.15) is 18.4 Å². The van der Waals surface area contributed by atoms with E-state index in [2.05, 4.69) is 15.1 Å². The molecule has 0 radical (unpaired) electrons. The summed E-state index contributed by atoms with van der Waals surface area (Å²) in [5, 5.41) is 3.45. The van der Waals surface area contributed by atoms with Crippen LogP contribution in [0, 0.1) is 4.77 Å². The number of aromatic nitrogens is 5. The Bertz CT molecular complexity index is 1160. The normalized spacial score (nSPS) is 17.5. The monoisotopic (exact) mass is 411 g/mol. The second kappa shape index (κ2) is 6.82. The molecule has 0 amide bonds. The molecule has 1 N–H and O–H groups in total. The third-order valence-electron chi connectivity index (χ3n) is 4.66. The van der Waals surface area contributed by atoms with E-state index in [1.165, 1.54) is 15.4 Å². The Labute approximate surface area is 161 Å². The lowest BCUT2D eigenvalue weighted by Crippen LogP contribution is -2.24. The second-order valence-electron chi connectivity index (χ2n) is 6.66. The molecular weight excluding hydrogens is 395 g/mol. The number of alkyl halides is 3. The van der Waals surface area contributed by atoms with E-state index < -0.39 is 22.7 Å². The number of hydrogen-bond donors (Lipinski definition) is 1. The van der Waals surface area contributed by atoms with Crippen LogP contribution < -0.4 is 5.56 Å². The Kier molecular flexibility index (Phi) is 4.58. The maximum atomic E-state index is 13.8. The molecule has 148 valence electrons. The summed E-state index contributed by atoms with van der Waals surface area (Å²) < 4.78 is 49.8. The molecule has 1 aliphatic rings. The number of rotatable bonds is 3. The SMILES string of the molecule is Cn1cc(-c2cc(C(F)(F)F)c3c(=O)[nH]c(=S)n(C[C@@H]4CCCO4)c3n2)cn1. The molecule has 1 saturated heterocycles. The van der Waals surface area contributed by atoms with Gasteiger partial charge in [0.2, 0.25) is 0 Å². The zero-order valence-electron chi connectivity index (χ0n) is 14.8. The van der Waals surface area contributed by atoms with Crippen molar-refractivity contribution in [1.29, 1.82) is 0 Å². The molecule has 0 unspecified atom stereocenters. The summed E-state index contributed by atoms with van der Waals surface area (Å²) in [6, 6.07) is 0.869. The van der Waals surface area contributed by atoms with Crippen molar-refractivity contribution in [2.45, 2.75) is 31.7 Å². The standard InChI is InChI=1S/C17H16F3N5O2S/c1-24-7-9(6-21-24)12-5-11(17(18,19)20)13-14(22-12)25(16(28)23-15(13)26)8-10-3-2-4-27-10/h5-7,10H,2-4,8H2,1H3,(H,23,26,28)/t10-/m0/s1. The highest BCUT2D eigenvalue weighted by Gasteiger charge is 2.36. The molecule has 11 heteroatoms. The number of aromatic amines is 1. The van der Waals surface area contributed by atoms with Crippen molar-refractivity contribution in [3.05, 3.63) is 39.1 Å². The van der Waals surface area contributed by atoms with E-state index in [-0.39, 0.29) is 28.8 Å². The van der Waals surface area contributed by atoms with Crippen LogP contribution in [0.3, 0.4) is 0 Å². The molecule has 0 aliphatic carbocycles. The van der Waals surface area contributed by atoms with Gasteiger partial charge in [0, 0.05) is 25.4 Å². The highest BCUT2D eigenvalue weighted by molar-refractivity contribution is 7.71. The van der Waals surface area contributed by atoms with E-state index in [4.69, 9.17) is 17.0 Å². The van der Waals surface area contributed by atoms with Gasteiger partial charge >= 0.3 is 6.18 Å². The minimum absolute atomic E-state index is 0.0111. The Morgan fingerprint density at radius 1 is 1.43 bits per heavy atom. The quantitative estimate of drug-likeness (QED) is 0.671. The highest BCUT2D eigenvalue weighted by atomic mass is 32.1. The fourth-order valence-corrected chi connectivity index (χ4v) is 3.61. The van der Waals surface area contributed by atoms with Crippen LogP contribution in [0.15, 0.2) is 23.3 Å². The molecule has 0 aromatic carbocycles. The molecule has 3 aromatic rings. The molecule has 1 aliphatic heterocycles. The zero-order chi connectivity index (χ0) is 20.1. The third kappa shape index (κ3) is 3.35. The number of pyridine rings is 1. The summed E-state index contributed by atoms with van der Waals surface area (Å²) in [5.74, 6) is 0. The van der Waals surface area contributed by atoms with Crippen LogP contribution in [0.4, 0.5) is 13.2 Å². The van der Waals surface area contributed by atoms with E-state index in [1.54, 1.807) is 13.2 Å². The highest BCUT2D eigenvalue weighted by Crippen LogP contribution is 2.35. The van der Waals surface area contributed by atoms with Gasteiger partial charge in [-0.05, 0) is 31.1 Å². The van der Waals surface area contributed by atoms with Gasteiger partial charge in [-0.25, -0.2) is 4.98 Å². The Morgan fingerprint density at radius 3 is 2.82 bits per heavy atom. The zero-order valence-corrected chi connectivity index (χ0v) is 15.6. The third-order valence-corrected chi connectivity index (χ3v) is 4.99. The first-order chi connectivity index (χ1) is 13.2. The number of aryl methyl sites for hydroxylation is 1. The molecule has 1 atom stereocenters. The van der Waals surface area contributed by atoms with Crippen molar-refractivity contribution in [1.82, 2.24) is 24.3 Å². The van der Waals surface area contributed by atoms with E-state index in [9.17, 15) is 18.0 Å². The van der Waals surface area contributed by atoms with Gasteiger partial charge < -0.3 is 4.74 Å². The number of fused-ring (bicyclic) bond motifs is 1. The molecular formula is C17H16F3N5O2S. The maximum Gasteiger partial charge on any atom is 0.417 e. The second-order valence-corrected chi connectivity index (χ2v) is 7.05. The number of halogens is 3. The minimum Gasteiger partial charge on any atom is -0.376 e. The lowest BCUT2D eigenvalue weighted by molar-refractivity contribution is -0.136. The fourth-order valence-electron chi connectivity index (χ4n) is 3.36. The van der Waals surface area contributed by atoms with Gasteiger partial charge in [0.25, 0.3) is 5.56 Å². The largest absolute Gasteiger partial charge is 0.417 e. The lowest BCUT2D eigenvalue weighted by Gasteiger charge is -2.17. The van der Waals surface area contributed by atoms with Gasteiger partial charge in [-0.3, -0.25) is 19.0 Å². The van der Waals surface area contributed by atoms with Gasteiger partial charge in [-0.1, -0.05) is 0 Å². The van der Waals surface area contributed by atoms with Crippen molar-refractivity contribution in [2.75, 3.05) is 6.61 Å². The van der Waals surface area contributed by atoms with E-state index >= 15 is 0 Å². The van der Waals surface area contributed by atoms with Gasteiger partial charge in [-0.15, -0.1) is 0 Å². The number of H-pyrrole nitrogens is 1. The van der Waals surface area contributed by atoms with Crippen LogP contribution in [0.2, 0.25) is 0 Å². The van der Waals surface area contributed by atoms with Crippen LogP contribution in [0.25, 0.3) is 22.3 Å². The number of nitrogens with one attached hydrogen (secondary N) is 1. The van der Waals surface area contributed by atoms with Crippen LogP contribution in [-0.2, 0) is 24.5 Å². The summed E-state index contributed by atoms with van der Waals surface area (Å²) >= 11 is 5.22. The summed E-state index contributed by atoms with van der Waals surface area (Å²) in [6.07, 6.45) is -0.339. The average molecular weight is 411 g/mol. The van der Waals surface area contributed by atoms with Crippen LogP contribution in [-0.4, -0.2) is 37.0 Å². The summed E-state index contributed by atoms with van der Waals surface area (Å²) in [4.78, 5) is 19.1. The minimum atomic E-state index is -4.74. The van der Waals surface area contributed by atoms with Crippen molar-refractivity contribution in [2.24, 2.45) is 7.05 Å². The molecule has 0 spiro atoms. The number of hydrogen-bond acceptors (Lipinski definition) is 5. The predicted octanol–water partition coefficient (Wildman–Crippen LogP) is 3.05. The Hall–Kier alpha value is -2.53. The topological polar surface area (TPSA) is 77.7 Å². The number of ether oxygens (including phenoxy) is 1. The van der Waals surface area contributed by atoms with E-state index in [1.807, 2.05) is 0 Å². The molecule has 28 heavy (non-hydrogen) atoms. The van der Waals surface area contributed by atoms with Gasteiger partial charge in [0.1, 0.15) is 5.65 Å². The maximum absolute atomic E-state index is 13.8. The van der Waals surface area contributed by atoms with Crippen LogP contribution in [0.5, 0.6) is 0 Å². The molecule has 0 bridgehead atoms. The Morgan fingerprint density at radius 2 is 2.21 bits per heavy atom. The number of nitrogens with zero attached hydrogens (tertiary/aromatic N) is 4. The molecule has 4 heterocycles. The Balaban J connectivity index is 2.03. The van der Waals surface area contributed by atoms with Crippen molar-refractivity contribution in [3.63, 3.8) is 0 Å². The molecule has 3 aromatic heterocycles.